The van der Waals surface area contributed by atoms with Crippen LogP contribution < -0.4 is 9.47 Å². The van der Waals surface area contributed by atoms with Crippen LogP contribution in [0, 0.1) is 35.5 Å². The zero-order chi connectivity index (χ0) is 24.5. The fourth-order valence-corrected chi connectivity index (χ4v) is 8.09. The first kappa shape index (κ1) is 22.7. The molecule has 0 spiro atoms. The summed E-state index contributed by atoms with van der Waals surface area (Å²) in [5.74, 6) is 2.55. The van der Waals surface area contributed by atoms with Crippen molar-refractivity contribution in [2.75, 3.05) is 0 Å². The second-order valence-electron chi connectivity index (χ2n) is 11.0. The first-order valence-electron chi connectivity index (χ1n) is 12.5. The number of para-hydroxylation sites is 1. The Balaban J connectivity index is 1.35. The molecule has 0 saturated heterocycles. The highest BCUT2D eigenvalue weighted by atomic mass is 19.4. The molecule has 4 aliphatic rings. The van der Waals surface area contributed by atoms with E-state index in [4.69, 9.17) is 9.47 Å². The molecule has 7 unspecified atom stereocenters. The lowest BCUT2D eigenvalue weighted by Crippen LogP contribution is -2.49. The molecular formula is C29H29F3O3. The van der Waals surface area contributed by atoms with Gasteiger partial charge in [-0.15, -0.1) is 0 Å². The molecule has 4 fully saturated rings. The summed E-state index contributed by atoms with van der Waals surface area (Å²) in [6, 6.07) is 11.7. The Kier molecular flexibility index (Phi) is 5.10. The van der Waals surface area contributed by atoms with Gasteiger partial charge in [0, 0.05) is 5.92 Å². The predicted octanol–water partition coefficient (Wildman–Crippen LogP) is 7.32. The number of hydrogen-bond donors (Lipinski definition) is 0. The van der Waals surface area contributed by atoms with Gasteiger partial charge < -0.3 is 9.47 Å². The van der Waals surface area contributed by atoms with E-state index in [2.05, 4.69) is 6.58 Å². The summed E-state index contributed by atoms with van der Waals surface area (Å²) in [4.78, 5) is 12.8. The van der Waals surface area contributed by atoms with Gasteiger partial charge in [0.1, 0.15) is 17.1 Å². The average Bonchev–Trinajstić information content (AvgIpc) is 3.58. The fourth-order valence-electron chi connectivity index (χ4n) is 8.09. The van der Waals surface area contributed by atoms with Gasteiger partial charge in [-0.25, -0.2) is 4.79 Å². The van der Waals surface area contributed by atoms with E-state index in [1.165, 1.54) is 25.3 Å². The number of halogens is 3. The van der Waals surface area contributed by atoms with E-state index >= 15 is 0 Å². The molecule has 0 heterocycles. The molecule has 2 aromatic carbocycles. The number of rotatable bonds is 5. The number of ether oxygens (including phenoxy) is 2. The first-order valence-corrected chi connectivity index (χ1v) is 12.5. The first-order chi connectivity index (χ1) is 16.7. The normalized spacial score (nSPS) is 34.6. The third-order valence-electron chi connectivity index (χ3n) is 9.27. The number of carbonyl (C=O) groups excluding carboxylic acids is 1. The lowest BCUT2D eigenvalue weighted by Gasteiger charge is -2.47. The van der Waals surface area contributed by atoms with E-state index in [-0.39, 0.29) is 17.2 Å². The Morgan fingerprint density at radius 2 is 1.71 bits per heavy atom. The van der Waals surface area contributed by atoms with Gasteiger partial charge in [-0.2, -0.15) is 13.2 Å². The lowest BCUT2D eigenvalue weighted by atomic mass is 9.64. The lowest BCUT2D eigenvalue weighted by molar-refractivity contribution is -0.140. The molecule has 0 aromatic heterocycles. The Morgan fingerprint density at radius 1 is 1.00 bits per heavy atom. The van der Waals surface area contributed by atoms with Crippen LogP contribution in [0.2, 0.25) is 0 Å². The highest BCUT2D eigenvalue weighted by molar-refractivity contribution is 5.91. The molecule has 4 saturated carbocycles. The van der Waals surface area contributed by atoms with E-state index in [0.29, 0.717) is 35.8 Å². The predicted molar refractivity (Wildman–Crippen MR) is 125 cm³/mol. The van der Waals surface area contributed by atoms with E-state index in [9.17, 15) is 18.0 Å². The maximum Gasteiger partial charge on any atom is 0.419 e. The van der Waals surface area contributed by atoms with Gasteiger partial charge in [-0.3, -0.25) is 0 Å². The summed E-state index contributed by atoms with van der Waals surface area (Å²) in [6.45, 7) is 6.09. The number of fused-ring (bicyclic) bond motifs is 9. The van der Waals surface area contributed by atoms with Crippen LogP contribution in [0.5, 0.6) is 11.5 Å². The average molecular weight is 483 g/mol. The van der Waals surface area contributed by atoms with Gasteiger partial charge in [0.2, 0.25) is 0 Å². The molecular weight excluding hydrogens is 453 g/mol. The minimum Gasteiger partial charge on any atom is -0.482 e. The molecule has 4 bridgehead atoms. The summed E-state index contributed by atoms with van der Waals surface area (Å²) in [6.07, 6.45) is 0.846. The molecule has 4 aliphatic carbocycles. The third kappa shape index (κ3) is 3.51. The van der Waals surface area contributed by atoms with E-state index in [1.807, 2.05) is 6.92 Å². The summed E-state index contributed by atoms with van der Waals surface area (Å²) in [7, 11) is 0. The van der Waals surface area contributed by atoms with Gasteiger partial charge in [0.15, 0.2) is 0 Å². The van der Waals surface area contributed by atoms with Crippen LogP contribution >= 0.6 is 0 Å². The standard InChI is InChI=1S/C29H29F3O3/c1-16(2)28(15-20-13-23(28)26-18-9-8-17(12-18)25(20)26)35-24-14-19(10-11-22(24)29(30,31)32)27(33)34-21-6-4-3-5-7-21/h3-7,10-11,14,17-18,20,23,25-26H,1,8-9,12-13,15H2,2H3. The Bertz CT molecular complexity index is 1170. The molecule has 0 aliphatic heterocycles. The molecule has 0 N–H and O–H groups in total. The van der Waals surface area contributed by atoms with Gasteiger partial charge >= 0.3 is 12.1 Å². The largest absolute Gasteiger partial charge is 0.482 e. The van der Waals surface area contributed by atoms with Crippen molar-refractivity contribution in [3.05, 3.63) is 71.8 Å². The fraction of sp³-hybridized carbons (Fsp3) is 0.483. The van der Waals surface area contributed by atoms with E-state index in [1.54, 1.807) is 30.3 Å². The summed E-state index contributed by atoms with van der Waals surface area (Å²) >= 11 is 0. The highest BCUT2D eigenvalue weighted by Gasteiger charge is 2.68. The molecule has 184 valence electrons. The molecule has 3 nitrogen and oxygen atoms in total. The molecule has 35 heavy (non-hydrogen) atoms. The number of alkyl halides is 3. The quantitative estimate of drug-likeness (QED) is 0.194. The van der Waals surface area contributed by atoms with Crippen molar-refractivity contribution >= 4 is 5.97 Å². The number of esters is 1. The Morgan fingerprint density at radius 3 is 2.40 bits per heavy atom. The van der Waals surface area contributed by atoms with Crippen molar-refractivity contribution in [3.63, 3.8) is 0 Å². The van der Waals surface area contributed by atoms with Crippen LogP contribution in [0.15, 0.2) is 60.7 Å². The zero-order valence-electron chi connectivity index (χ0n) is 19.7. The number of benzene rings is 2. The monoisotopic (exact) mass is 482 g/mol. The van der Waals surface area contributed by atoms with E-state index in [0.717, 1.165) is 30.0 Å². The van der Waals surface area contributed by atoms with Crippen molar-refractivity contribution in [2.45, 2.75) is 50.8 Å². The topological polar surface area (TPSA) is 35.5 Å². The van der Waals surface area contributed by atoms with Gasteiger partial charge in [-0.05, 0) is 105 Å². The van der Waals surface area contributed by atoms with Crippen LogP contribution in [-0.2, 0) is 6.18 Å². The minimum atomic E-state index is -4.61. The van der Waals surface area contributed by atoms with Crippen molar-refractivity contribution in [2.24, 2.45) is 35.5 Å². The Labute approximate surface area is 203 Å². The van der Waals surface area contributed by atoms with Crippen LogP contribution in [0.4, 0.5) is 13.2 Å². The smallest absolute Gasteiger partial charge is 0.419 e. The molecule has 6 heteroatoms. The minimum absolute atomic E-state index is 0.0228. The highest BCUT2D eigenvalue weighted by Crippen LogP contribution is 2.71. The molecule has 0 amide bonds. The maximum atomic E-state index is 14.0. The summed E-state index contributed by atoms with van der Waals surface area (Å²) in [5, 5.41) is 0. The van der Waals surface area contributed by atoms with Gasteiger partial charge in [0.25, 0.3) is 0 Å². The zero-order valence-corrected chi connectivity index (χ0v) is 19.7. The van der Waals surface area contributed by atoms with Crippen molar-refractivity contribution < 1.29 is 27.4 Å². The molecule has 6 rings (SSSR count). The van der Waals surface area contributed by atoms with Crippen LogP contribution in [0.1, 0.15) is 54.9 Å². The molecule has 2 aromatic rings. The third-order valence-corrected chi connectivity index (χ3v) is 9.27. The van der Waals surface area contributed by atoms with Crippen molar-refractivity contribution in [1.82, 2.24) is 0 Å². The van der Waals surface area contributed by atoms with Crippen molar-refractivity contribution in [1.29, 1.82) is 0 Å². The molecule has 7 atom stereocenters. The summed E-state index contributed by atoms with van der Waals surface area (Å²) < 4.78 is 53.9. The summed E-state index contributed by atoms with van der Waals surface area (Å²) in [5.41, 5.74) is -0.911. The van der Waals surface area contributed by atoms with Crippen LogP contribution in [-0.4, -0.2) is 11.6 Å². The van der Waals surface area contributed by atoms with E-state index < -0.39 is 23.3 Å². The van der Waals surface area contributed by atoms with Crippen molar-refractivity contribution in [3.8, 4) is 11.5 Å². The number of hydrogen-bond acceptors (Lipinski definition) is 3. The maximum absolute atomic E-state index is 14.0. The number of carbonyl (C=O) groups is 1. The Hall–Kier alpha value is -2.76. The van der Waals surface area contributed by atoms with Crippen LogP contribution in [0.3, 0.4) is 0 Å². The van der Waals surface area contributed by atoms with Crippen LogP contribution in [0.25, 0.3) is 0 Å². The molecule has 0 radical (unpaired) electrons. The van der Waals surface area contributed by atoms with Gasteiger partial charge in [0.05, 0.1) is 11.1 Å². The second kappa shape index (κ2) is 7.87. The SMILES string of the molecule is C=C(C)C1(Oc2cc(C(=O)Oc3ccccc3)ccc2C(F)(F)F)CC2CC1C1C3CCC(C3)C21. The second-order valence-corrected chi connectivity index (χ2v) is 11.0. The van der Waals surface area contributed by atoms with Gasteiger partial charge in [-0.1, -0.05) is 24.8 Å².